The molecule has 0 spiro atoms. The maximum Gasteiger partial charge on any atom is 0.237 e. The third-order valence-electron chi connectivity index (χ3n) is 7.16. The second-order valence-corrected chi connectivity index (χ2v) is 8.90. The lowest BCUT2D eigenvalue weighted by Gasteiger charge is -2.52. The quantitative estimate of drug-likeness (QED) is 0.773. The van der Waals surface area contributed by atoms with E-state index in [-0.39, 0.29) is 42.7 Å². The van der Waals surface area contributed by atoms with Crippen LogP contribution in [0.5, 0.6) is 0 Å². The van der Waals surface area contributed by atoms with Crippen molar-refractivity contribution in [1.29, 1.82) is 5.26 Å². The molecule has 1 heterocycles. The van der Waals surface area contributed by atoms with Crippen molar-refractivity contribution in [1.82, 2.24) is 10.2 Å². The van der Waals surface area contributed by atoms with Crippen LogP contribution in [0.3, 0.4) is 0 Å². The Morgan fingerprint density at radius 2 is 1.77 bits per heavy atom. The zero-order valence-electron chi connectivity index (χ0n) is 16.8. The first kappa shape index (κ1) is 20.7. The highest BCUT2D eigenvalue weighted by Gasteiger charge is 2.52. The van der Waals surface area contributed by atoms with Gasteiger partial charge in [-0.1, -0.05) is 0 Å². The van der Waals surface area contributed by atoms with Crippen molar-refractivity contribution < 1.29 is 18.4 Å². The minimum Gasteiger partial charge on any atom is -0.326 e. The maximum absolute atomic E-state index is 13.6. The van der Waals surface area contributed by atoms with Gasteiger partial charge in [0.1, 0.15) is 18.0 Å². The molecule has 8 heteroatoms. The number of hydrogen-bond acceptors (Lipinski definition) is 4. The van der Waals surface area contributed by atoms with E-state index >= 15 is 0 Å². The van der Waals surface area contributed by atoms with Crippen LogP contribution in [-0.4, -0.2) is 47.6 Å². The summed E-state index contributed by atoms with van der Waals surface area (Å²) >= 11 is 0. The van der Waals surface area contributed by atoms with E-state index in [2.05, 4.69) is 10.6 Å². The molecule has 1 aliphatic heterocycles. The number of halogens is 2. The van der Waals surface area contributed by atoms with Gasteiger partial charge in [0.15, 0.2) is 0 Å². The summed E-state index contributed by atoms with van der Waals surface area (Å²) in [7, 11) is 0. The number of rotatable bonds is 5. The topological polar surface area (TPSA) is 85.2 Å². The maximum atomic E-state index is 13.6. The van der Waals surface area contributed by atoms with Gasteiger partial charge < -0.3 is 15.5 Å². The molecule has 3 saturated carbocycles. The Morgan fingerprint density at radius 1 is 1.13 bits per heavy atom. The summed E-state index contributed by atoms with van der Waals surface area (Å²) in [6.07, 6.45) is 3.45. The van der Waals surface area contributed by atoms with E-state index in [4.69, 9.17) is 5.26 Å². The molecule has 0 aromatic heterocycles. The van der Waals surface area contributed by atoms with Crippen LogP contribution in [0, 0.1) is 22.6 Å². The molecule has 30 heavy (non-hydrogen) atoms. The number of fused-ring (bicyclic) bond motifs is 3. The van der Waals surface area contributed by atoms with Crippen LogP contribution in [0.15, 0.2) is 24.3 Å². The molecule has 3 aliphatic carbocycles. The Morgan fingerprint density at radius 3 is 2.37 bits per heavy atom. The van der Waals surface area contributed by atoms with Gasteiger partial charge >= 0.3 is 0 Å². The van der Waals surface area contributed by atoms with Gasteiger partial charge in [-0.15, -0.1) is 0 Å². The lowest BCUT2D eigenvalue weighted by atomic mass is 9.57. The van der Waals surface area contributed by atoms with Gasteiger partial charge in [0.25, 0.3) is 0 Å². The van der Waals surface area contributed by atoms with Crippen LogP contribution in [0.2, 0.25) is 0 Å². The highest BCUT2D eigenvalue weighted by Crippen LogP contribution is 2.52. The summed E-state index contributed by atoms with van der Waals surface area (Å²) in [5, 5.41) is 15.4. The second-order valence-electron chi connectivity index (χ2n) is 8.90. The van der Waals surface area contributed by atoms with E-state index in [1.54, 1.807) is 12.1 Å². The van der Waals surface area contributed by atoms with Gasteiger partial charge in [0.05, 0.1) is 19.2 Å². The van der Waals surface area contributed by atoms with Crippen molar-refractivity contribution in [3.8, 4) is 6.07 Å². The summed E-state index contributed by atoms with van der Waals surface area (Å²) in [4.78, 5) is 26.8. The summed E-state index contributed by atoms with van der Waals surface area (Å²) in [6, 6.07) is 7.08. The van der Waals surface area contributed by atoms with E-state index in [0.29, 0.717) is 5.69 Å². The molecule has 1 aromatic carbocycles. The normalized spacial score (nSPS) is 32.6. The molecule has 6 nitrogen and oxygen atoms in total. The van der Waals surface area contributed by atoms with E-state index < -0.39 is 17.6 Å². The van der Waals surface area contributed by atoms with E-state index in [9.17, 15) is 18.4 Å². The molecule has 5 rings (SSSR count). The Hall–Kier alpha value is -2.53. The van der Waals surface area contributed by atoms with E-state index in [1.807, 2.05) is 6.07 Å². The third kappa shape index (κ3) is 3.91. The van der Waals surface area contributed by atoms with Crippen LogP contribution in [0.4, 0.5) is 14.5 Å². The third-order valence-corrected chi connectivity index (χ3v) is 7.16. The summed E-state index contributed by atoms with van der Waals surface area (Å²) in [5.74, 6) is -0.613. The number of nitriles is 1. The fourth-order valence-corrected chi connectivity index (χ4v) is 5.14. The van der Waals surface area contributed by atoms with Crippen molar-refractivity contribution >= 4 is 17.5 Å². The summed E-state index contributed by atoms with van der Waals surface area (Å²) in [5.41, 5.74) is -0.0278. The number of anilines is 1. The minimum absolute atomic E-state index is 0.0155. The van der Waals surface area contributed by atoms with Gasteiger partial charge in [-0.3, -0.25) is 9.59 Å². The number of carbonyl (C=O) groups excluding carboxylic acids is 2. The average Bonchev–Trinajstić information content (AvgIpc) is 3.16. The molecule has 1 aromatic rings. The van der Waals surface area contributed by atoms with Crippen LogP contribution in [0.1, 0.15) is 44.9 Å². The first-order valence-electron chi connectivity index (χ1n) is 10.5. The van der Waals surface area contributed by atoms with Gasteiger partial charge in [-0.25, -0.2) is 8.78 Å². The number of benzene rings is 1. The summed E-state index contributed by atoms with van der Waals surface area (Å²) < 4.78 is 26.7. The minimum atomic E-state index is -1.14. The highest BCUT2D eigenvalue weighted by molar-refractivity contribution is 5.95. The van der Waals surface area contributed by atoms with E-state index in [1.165, 1.54) is 17.0 Å². The number of carbonyl (C=O) groups is 2. The molecule has 1 saturated heterocycles. The fourth-order valence-electron chi connectivity index (χ4n) is 5.14. The molecule has 2 atom stereocenters. The van der Waals surface area contributed by atoms with Gasteiger partial charge in [-0.05, 0) is 62.8 Å². The first-order valence-corrected chi connectivity index (χ1v) is 10.5. The van der Waals surface area contributed by atoms with Crippen molar-refractivity contribution in [2.24, 2.45) is 5.41 Å². The van der Waals surface area contributed by atoms with Gasteiger partial charge in [0, 0.05) is 23.1 Å². The first-order chi connectivity index (χ1) is 14.3. The lowest BCUT2D eigenvalue weighted by molar-refractivity contribution is -0.135. The SMILES string of the molecule is N#C[C@@H]1C[C@H](F)CN1C(=O)CNC12CCC(C(=O)Nc3ccc(F)cc3)(CC1)CC2. The second kappa shape index (κ2) is 7.95. The molecule has 4 aliphatic rings. The molecule has 0 radical (unpaired) electrons. The molecule has 2 bridgehead atoms. The number of alkyl halides is 1. The van der Waals surface area contributed by atoms with Gasteiger partial charge in [0.2, 0.25) is 11.8 Å². The number of nitrogens with one attached hydrogen (secondary N) is 2. The van der Waals surface area contributed by atoms with Crippen LogP contribution in [-0.2, 0) is 9.59 Å². The highest BCUT2D eigenvalue weighted by atomic mass is 19.1. The smallest absolute Gasteiger partial charge is 0.237 e. The standard InChI is InChI=1S/C22H26F2N4O2/c23-15-1-3-17(4-2-15)27-20(30)21-5-8-22(9-6-21,10-7-21)26-13-19(29)28-14-16(24)11-18(28)12-25/h1-4,16,18,26H,5-11,13-14H2,(H,27,30)/t16-,18-,21?,22?/m0/s1. The monoisotopic (exact) mass is 416 g/mol. The van der Waals surface area contributed by atoms with Crippen molar-refractivity contribution in [2.75, 3.05) is 18.4 Å². The predicted octanol–water partition coefficient (Wildman–Crippen LogP) is 2.91. The van der Waals surface area contributed by atoms with E-state index in [0.717, 1.165) is 38.5 Å². The molecular formula is C22H26F2N4O2. The van der Waals surface area contributed by atoms with Crippen LogP contribution < -0.4 is 10.6 Å². The molecule has 4 fully saturated rings. The Labute approximate surface area is 174 Å². The molecular weight excluding hydrogens is 390 g/mol. The Kier molecular flexibility index (Phi) is 5.49. The van der Waals surface area contributed by atoms with Gasteiger partial charge in [-0.2, -0.15) is 5.26 Å². The number of nitrogens with zero attached hydrogens (tertiary/aromatic N) is 2. The number of hydrogen-bond donors (Lipinski definition) is 2. The molecule has 160 valence electrons. The van der Waals surface area contributed by atoms with Crippen LogP contribution >= 0.6 is 0 Å². The number of amides is 2. The van der Waals surface area contributed by atoms with Crippen molar-refractivity contribution in [3.63, 3.8) is 0 Å². The molecule has 0 unspecified atom stereocenters. The Bertz CT molecular complexity index is 842. The lowest BCUT2D eigenvalue weighted by Crippen LogP contribution is -2.59. The average molecular weight is 416 g/mol. The van der Waals surface area contributed by atoms with Crippen molar-refractivity contribution in [3.05, 3.63) is 30.1 Å². The van der Waals surface area contributed by atoms with Crippen LogP contribution in [0.25, 0.3) is 0 Å². The predicted molar refractivity (Wildman–Crippen MR) is 107 cm³/mol. The molecule has 2 amide bonds. The zero-order valence-corrected chi connectivity index (χ0v) is 16.8. The fraction of sp³-hybridized carbons (Fsp3) is 0.591. The Balaban J connectivity index is 1.32. The summed E-state index contributed by atoms with van der Waals surface area (Å²) in [6.45, 7) is 0.0675. The zero-order chi connectivity index (χ0) is 21.4. The van der Waals surface area contributed by atoms with Crippen molar-refractivity contribution in [2.45, 2.75) is 62.7 Å². The largest absolute Gasteiger partial charge is 0.326 e. The molecule has 2 N–H and O–H groups in total. The number of likely N-dealkylation sites (tertiary alicyclic amines) is 1.